The van der Waals surface area contributed by atoms with E-state index in [2.05, 4.69) is 0 Å². The topological polar surface area (TPSA) is 57.6 Å². The second-order valence-corrected chi connectivity index (χ2v) is 6.61. The summed E-state index contributed by atoms with van der Waals surface area (Å²) in [5.74, 6) is -1.51. The number of anilines is 1. The Hall–Kier alpha value is -2.88. The highest BCUT2D eigenvalue weighted by atomic mass is 16.3. The van der Waals surface area contributed by atoms with E-state index in [1.165, 1.54) is 4.90 Å². The highest BCUT2D eigenvalue weighted by Gasteiger charge is 2.44. The molecule has 0 bridgehead atoms. The number of aliphatic hydroxyl groups excluding tert-OH is 1. The molecule has 1 aliphatic rings. The summed E-state index contributed by atoms with van der Waals surface area (Å²) >= 11 is 0. The average molecular weight is 335 g/mol. The molecule has 0 aliphatic carbocycles. The molecule has 1 amide bonds. The second-order valence-electron chi connectivity index (χ2n) is 6.61. The zero-order valence-corrected chi connectivity index (χ0v) is 14.6. The third-order valence-electron chi connectivity index (χ3n) is 4.39. The lowest BCUT2D eigenvalue weighted by Crippen LogP contribution is -2.31. The normalized spacial score (nSPS) is 17.5. The minimum Gasteiger partial charge on any atom is -0.503 e. The van der Waals surface area contributed by atoms with Crippen LogP contribution in [0.1, 0.15) is 31.0 Å². The maximum absolute atomic E-state index is 12.8. The number of amides is 1. The summed E-state index contributed by atoms with van der Waals surface area (Å²) in [6, 6.07) is 16.2. The summed E-state index contributed by atoms with van der Waals surface area (Å²) in [7, 11) is 0. The molecular weight excluding hydrogens is 314 g/mol. The summed E-state index contributed by atoms with van der Waals surface area (Å²) in [6.07, 6.45) is 0. The molecule has 0 spiro atoms. The van der Waals surface area contributed by atoms with Gasteiger partial charge >= 0.3 is 0 Å². The second kappa shape index (κ2) is 6.55. The number of nitrogens with zero attached hydrogens (tertiary/aromatic N) is 1. The molecule has 4 heteroatoms. The highest BCUT2D eigenvalue weighted by Crippen LogP contribution is 2.41. The van der Waals surface area contributed by atoms with Gasteiger partial charge in [0.05, 0.1) is 11.6 Å². The number of ketones is 1. The molecule has 1 N–H and O–H groups in total. The van der Waals surface area contributed by atoms with E-state index in [0.29, 0.717) is 5.69 Å². The van der Waals surface area contributed by atoms with Crippen LogP contribution in [-0.2, 0) is 9.59 Å². The van der Waals surface area contributed by atoms with Gasteiger partial charge in [-0.05, 0) is 24.6 Å². The van der Waals surface area contributed by atoms with Crippen molar-refractivity contribution in [3.63, 3.8) is 0 Å². The van der Waals surface area contributed by atoms with Gasteiger partial charge in [-0.1, -0.05) is 61.9 Å². The maximum atomic E-state index is 12.8. The Morgan fingerprint density at radius 2 is 1.76 bits per heavy atom. The van der Waals surface area contributed by atoms with Crippen LogP contribution in [-0.4, -0.2) is 16.8 Å². The molecule has 0 saturated carbocycles. The van der Waals surface area contributed by atoms with E-state index in [-0.39, 0.29) is 17.3 Å². The minimum absolute atomic E-state index is 0.175. The molecule has 2 aromatic rings. The molecule has 0 radical (unpaired) electrons. The van der Waals surface area contributed by atoms with Crippen molar-refractivity contribution in [3.05, 3.63) is 77.1 Å². The minimum atomic E-state index is -0.621. The van der Waals surface area contributed by atoms with E-state index in [1.54, 1.807) is 26.0 Å². The number of benzene rings is 2. The van der Waals surface area contributed by atoms with E-state index < -0.39 is 17.7 Å². The Kier molecular flexibility index (Phi) is 4.45. The van der Waals surface area contributed by atoms with Gasteiger partial charge in [0, 0.05) is 11.6 Å². The Balaban J connectivity index is 2.20. The van der Waals surface area contributed by atoms with Gasteiger partial charge in [0.25, 0.3) is 5.91 Å². The summed E-state index contributed by atoms with van der Waals surface area (Å²) < 4.78 is 0. The smallest absolute Gasteiger partial charge is 0.294 e. The van der Waals surface area contributed by atoms with Crippen LogP contribution in [0.5, 0.6) is 0 Å². The van der Waals surface area contributed by atoms with Crippen molar-refractivity contribution < 1.29 is 14.7 Å². The molecular formula is C21H21NO3. The molecule has 3 rings (SSSR count). The van der Waals surface area contributed by atoms with Crippen LogP contribution in [0.15, 0.2) is 65.9 Å². The molecule has 25 heavy (non-hydrogen) atoms. The Labute approximate surface area is 147 Å². The Morgan fingerprint density at radius 3 is 2.36 bits per heavy atom. The zero-order chi connectivity index (χ0) is 18.1. The zero-order valence-electron chi connectivity index (χ0n) is 14.6. The van der Waals surface area contributed by atoms with E-state index >= 15 is 0 Å². The van der Waals surface area contributed by atoms with Gasteiger partial charge in [0.2, 0.25) is 0 Å². The number of rotatable bonds is 4. The van der Waals surface area contributed by atoms with Crippen molar-refractivity contribution in [1.29, 1.82) is 0 Å². The molecule has 1 unspecified atom stereocenters. The maximum Gasteiger partial charge on any atom is 0.294 e. The predicted octanol–water partition coefficient (Wildman–Crippen LogP) is 4.12. The van der Waals surface area contributed by atoms with Crippen molar-refractivity contribution in [2.75, 3.05) is 4.90 Å². The Morgan fingerprint density at radius 1 is 1.08 bits per heavy atom. The third kappa shape index (κ3) is 2.95. The van der Waals surface area contributed by atoms with Crippen LogP contribution in [0, 0.1) is 12.8 Å². The largest absolute Gasteiger partial charge is 0.503 e. The number of para-hydroxylation sites is 1. The van der Waals surface area contributed by atoms with Gasteiger partial charge < -0.3 is 5.11 Å². The van der Waals surface area contributed by atoms with E-state index in [4.69, 9.17) is 0 Å². The highest BCUT2D eigenvalue weighted by molar-refractivity contribution is 6.16. The Bertz CT molecular complexity index is 852. The molecule has 0 saturated heterocycles. The van der Waals surface area contributed by atoms with E-state index in [9.17, 15) is 14.7 Å². The standard InChI is InChI=1S/C21H21NO3/c1-13(2)19(23)17-18(15-9-7-8-14(3)12-15)22(21(25)20(17)24)16-10-5-4-6-11-16/h4-13,18,24H,1-3H3. The first kappa shape index (κ1) is 17.0. The fourth-order valence-corrected chi connectivity index (χ4v) is 3.18. The molecule has 2 aromatic carbocycles. The van der Waals surface area contributed by atoms with Crippen molar-refractivity contribution in [1.82, 2.24) is 0 Å². The fraction of sp³-hybridized carbons (Fsp3) is 0.238. The van der Waals surface area contributed by atoms with Crippen LogP contribution in [0.3, 0.4) is 0 Å². The first-order chi connectivity index (χ1) is 11.9. The van der Waals surface area contributed by atoms with Crippen LogP contribution < -0.4 is 4.90 Å². The van der Waals surface area contributed by atoms with Gasteiger partial charge in [0.15, 0.2) is 11.5 Å². The lowest BCUT2D eigenvalue weighted by molar-refractivity contribution is -0.119. The van der Waals surface area contributed by atoms with Crippen molar-refractivity contribution in [2.24, 2.45) is 5.92 Å². The first-order valence-electron chi connectivity index (χ1n) is 8.34. The molecule has 4 nitrogen and oxygen atoms in total. The molecule has 1 aliphatic heterocycles. The first-order valence-corrected chi connectivity index (χ1v) is 8.34. The quantitative estimate of drug-likeness (QED) is 0.914. The number of hydrogen-bond donors (Lipinski definition) is 1. The van der Waals surface area contributed by atoms with Crippen LogP contribution in [0.25, 0.3) is 0 Å². The predicted molar refractivity (Wildman–Crippen MR) is 97.3 cm³/mol. The summed E-state index contributed by atoms with van der Waals surface area (Å²) in [5, 5.41) is 10.5. The van der Waals surface area contributed by atoms with E-state index in [0.717, 1.165) is 11.1 Å². The summed E-state index contributed by atoms with van der Waals surface area (Å²) in [4.78, 5) is 27.0. The number of aliphatic hydroxyl groups is 1. The van der Waals surface area contributed by atoms with Crippen molar-refractivity contribution in [3.8, 4) is 0 Å². The summed E-state index contributed by atoms with van der Waals surface area (Å²) in [5.41, 5.74) is 2.66. The average Bonchev–Trinajstić information content (AvgIpc) is 2.86. The van der Waals surface area contributed by atoms with Gasteiger partial charge in [-0.3, -0.25) is 14.5 Å². The third-order valence-corrected chi connectivity index (χ3v) is 4.39. The molecule has 128 valence electrons. The number of carbonyl (C=O) groups is 2. The van der Waals surface area contributed by atoms with Gasteiger partial charge in [0.1, 0.15) is 0 Å². The lowest BCUT2D eigenvalue weighted by atomic mass is 9.90. The van der Waals surface area contributed by atoms with Crippen molar-refractivity contribution in [2.45, 2.75) is 26.8 Å². The molecule has 0 aromatic heterocycles. The summed E-state index contributed by atoms with van der Waals surface area (Å²) in [6.45, 7) is 5.50. The van der Waals surface area contributed by atoms with Crippen LogP contribution in [0.2, 0.25) is 0 Å². The number of aryl methyl sites for hydroxylation is 1. The van der Waals surface area contributed by atoms with Gasteiger partial charge in [-0.2, -0.15) is 0 Å². The SMILES string of the molecule is Cc1cccc(C2C(C(=O)C(C)C)=C(O)C(=O)N2c2ccccc2)c1. The fourth-order valence-electron chi connectivity index (χ4n) is 3.18. The van der Waals surface area contributed by atoms with Crippen LogP contribution in [0.4, 0.5) is 5.69 Å². The molecule has 1 atom stereocenters. The number of carbonyl (C=O) groups excluding carboxylic acids is 2. The molecule has 1 heterocycles. The van der Waals surface area contributed by atoms with E-state index in [1.807, 2.05) is 49.4 Å². The van der Waals surface area contributed by atoms with Crippen LogP contribution >= 0.6 is 0 Å². The van der Waals surface area contributed by atoms with Gasteiger partial charge in [-0.25, -0.2) is 0 Å². The number of Topliss-reactive ketones (excluding diaryl/α,β-unsaturated/α-hetero) is 1. The lowest BCUT2D eigenvalue weighted by Gasteiger charge is -2.27. The van der Waals surface area contributed by atoms with Gasteiger partial charge in [-0.15, -0.1) is 0 Å². The molecule has 0 fully saturated rings. The number of hydrogen-bond acceptors (Lipinski definition) is 3. The van der Waals surface area contributed by atoms with Crippen molar-refractivity contribution >= 4 is 17.4 Å². The monoisotopic (exact) mass is 335 g/mol.